The number of amides is 1. The summed E-state index contributed by atoms with van der Waals surface area (Å²) in [4.78, 5) is 12.0. The van der Waals surface area contributed by atoms with Crippen molar-refractivity contribution >= 4 is 5.91 Å². The Balaban J connectivity index is 2.20. The second-order valence-electron chi connectivity index (χ2n) is 4.93. The van der Waals surface area contributed by atoms with Crippen LogP contribution in [0.5, 0.6) is 0 Å². The van der Waals surface area contributed by atoms with Crippen molar-refractivity contribution in [3.05, 3.63) is 35.4 Å². The molecule has 1 saturated carbocycles. The average Bonchev–Trinajstić information content (AvgIpc) is 2.87. The van der Waals surface area contributed by atoms with Crippen LogP contribution < -0.4 is 5.32 Å². The Morgan fingerprint density at radius 2 is 1.95 bits per heavy atom. The second-order valence-corrected chi connectivity index (χ2v) is 4.93. The van der Waals surface area contributed by atoms with E-state index < -0.39 is 23.2 Å². The van der Waals surface area contributed by atoms with E-state index >= 15 is 0 Å². The molecule has 0 aliphatic heterocycles. The fourth-order valence-corrected chi connectivity index (χ4v) is 2.37. The lowest BCUT2D eigenvalue weighted by atomic mass is 9.99. The van der Waals surface area contributed by atoms with E-state index in [4.69, 9.17) is 5.26 Å². The first-order valence-electron chi connectivity index (χ1n) is 6.27. The van der Waals surface area contributed by atoms with Gasteiger partial charge in [0.25, 0.3) is 5.91 Å². The van der Waals surface area contributed by atoms with Crippen molar-refractivity contribution in [2.24, 2.45) is 0 Å². The highest BCUT2D eigenvalue weighted by atomic mass is 19.4. The number of hydrogen-bond acceptors (Lipinski definition) is 2. The van der Waals surface area contributed by atoms with Crippen LogP contribution in [0.2, 0.25) is 0 Å². The fraction of sp³-hybridized carbons (Fsp3) is 0.429. The molecule has 1 N–H and O–H groups in total. The zero-order valence-electron chi connectivity index (χ0n) is 10.6. The topological polar surface area (TPSA) is 52.9 Å². The van der Waals surface area contributed by atoms with Crippen LogP contribution in [0, 0.1) is 11.3 Å². The normalized spacial score (nSPS) is 17.5. The average molecular weight is 282 g/mol. The van der Waals surface area contributed by atoms with Crippen molar-refractivity contribution in [2.45, 2.75) is 37.4 Å². The Kier molecular flexibility index (Phi) is 3.71. The van der Waals surface area contributed by atoms with E-state index in [1.165, 1.54) is 12.1 Å². The predicted octanol–water partition coefficient (Wildman–Crippen LogP) is 3.27. The highest BCUT2D eigenvalue weighted by molar-refractivity contribution is 5.95. The van der Waals surface area contributed by atoms with E-state index in [1.807, 2.05) is 0 Å². The summed E-state index contributed by atoms with van der Waals surface area (Å²) in [6.45, 7) is 0. The van der Waals surface area contributed by atoms with E-state index in [2.05, 4.69) is 11.4 Å². The number of nitriles is 1. The van der Waals surface area contributed by atoms with Crippen molar-refractivity contribution in [1.82, 2.24) is 5.32 Å². The molecule has 0 atom stereocenters. The number of alkyl halides is 3. The minimum atomic E-state index is -4.49. The molecule has 2 rings (SSSR count). The summed E-state index contributed by atoms with van der Waals surface area (Å²) in [6, 6.07) is 6.27. The zero-order valence-corrected chi connectivity index (χ0v) is 10.6. The van der Waals surface area contributed by atoms with Gasteiger partial charge in [0.05, 0.1) is 11.6 Å². The van der Waals surface area contributed by atoms with E-state index in [0.717, 1.165) is 25.0 Å². The Labute approximate surface area is 114 Å². The molecule has 1 aliphatic rings. The van der Waals surface area contributed by atoms with Crippen LogP contribution in [-0.4, -0.2) is 11.4 Å². The SMILES string of the molecule is N#CC1(NC(=O)c2cccc(C(F)(F)F)c2)CCCC1. The molecule has 20 heavy (non-hydrogen) atoms. The summed E-state index contributed by atoms with van der Waals surface area (Å²) < 4.78 is 37.8. The number of carbonyl (C=O) groups is 1. The first kappa shape index (κ1) is 14.4. The Hall–Kier alpha value is -2.03. The molecule has 1 aromatic carbocycles. The lowest BCUT2D eigenvalue weighted by molar-refractivity contribution is -0.137. The number of hydrogen-bond donors (Lipinski definition) is 1. The van der Waals surface area contributed by atoms with E-state index in [-0.39, 0.29) is 5.56 Å². The van der Waals surface area contributed by atoms with Gasteiger partial charge < -0.3 is 5.32 Å². The van der Waals surface area contributed by atoms with E-state index in [9.17, 15) is 18.0 Å². The maximum Gasteiger partial charge on any atom is 0.416 e. The van der Waals surface area contributed by atoms with Gasteiger partial charge in [0.1, 0.15) is 5.54 Å². The number of carbonyl (C=O) groups excluding carboxylic acids is 1. The van der Waals surface area contributed by atoms with E-state index in [0.29, 0.717) is 12.8 Å². The quantitative estimate of drug-likeness (QED) is 0.905. The molecule has 0 aromatic heterocycles. The minimum absolute atomic E-state index is 0.0821. The third-order valence-corrected chi connectivity index (χ3v) is 3.48. The van der Waals surface area contributed by atoms with Crippen molar-refractivity contribution in [3.8, 4) is 6.07 Å². The standard InChI is InChI=1S/C14H13F3N2O/c15-14(16,17)11-5-3-4-10(8-11)12(20)19-13(9-18)6-1-2-7-13/h3-5,8H,1-2,6-7H2,(H,19,20). The van der Waals surface area contributed by atoms with Crippen molar-refractivity contribution in [3.63, 3.8) is 0 Å². The molecule has 106 valence electrons. The number of rotatable bonds is 2. The smallest absolute Gasteiger partial charge is 0.334 e. The van der Waals surface area contributed by atoms with Crippen LogP contribution >= 0.6 is 0 Å². The molecule has 1 amide bonds. The van der Waals surface area contributed by atoms with Crippen molar-refractivity contribution < 1.29 is 18.0 Å². The molecular weight excluding hydrogens is 269 g/mol. The molecule has 3 nitrogen and oxygen atoms in total. The number of nitrogens with zero attached hydrogens (tertiary/aromatic N) is 1. The van der Waals surface area contributed by atoms with Gasteiger partial charge in [0, 0.05) is 5.56 Å². The van der Waals surface area contributed by atoms with Gasteiger partial charge in [0.2, 0.25) is 0 Å². The Morgan fingerprint density at radius 1 is 1.30 bits per heavy atom. The van der Waals surface area contributed by atoms with Crippen molar-refractivity contribution in [1.29, 1.82) is 5.26 Å². The third-order valence-electron chi connectivity index (χ3n) is 3.48. The van der Waals surface area contributed by atoms with Crippen LogP contribution in [0.15, 0.2) is 24.3 Å². The summed E-state index contributed by atoms with van der Waals surface area (Å²) in [7, 11) is 0. The van der Waals surface area contributed by atoms with Crippen LogP contribution in [0.25, 0.3) is 0 Å². The predicted molar refractivity (Wildman–Crippen MR) is 65.7 cm³/mol. The second kappa shape index (κ2) is 5.16. The highest BCUT2D eigenvalue weighted by Gasteiger charge is 2.36. The Bertz CT molecular complexity index is 554. The summed E-state index contributed by atoms with van der Waals surface area (Å²) in [6.07, 6.45) is -1.76. The van der Waals surface area contributed by atoms with Gasteiger partial charge in [0.15, 0.2) is 0 Å². The van der Waals surface area contributed by atoms with E-state index in [1.54, 1.807) is 0 Å². The first-order valence-corrected chi connectivity index (χ1v) is 6.27. The summed E-state index contributed by atoms with van der Waals surface area (Å²) in [5.41, 5.74) is -1.89. The molecule has 0 spiro atoms. The fourth-order valence-electron chi connectivity index (χ4n) is 2.37. The van der Waals surface area contributed by atoms with Gasteiger partial charge in [-0.05, 0) is 43.9 Å². The molecule has 0 heterocycles. The number of benzene rings is 1. The lowest BCUT2D eigenvalue weighted by Crippen LogP contribution is -2.45. The van der Waals surface area contributed by atoms with Gasteiger partial charge in [-0.2, -0.15) is 18.4 Å². The molecular formula is C14H13F3N2O. The zero-order chi connectivity index (χ0) is 14.8. The molecule has 0 bridgehead atoms. The monoisotopic (exact) mass is 282 g/mol. The van der Waals surface area contributed by atoms with Gasteiger partial charge in [-0.15, -0.1) is 0 Å². The molecule has 0 unspecified atom stereocenters. The molecule has 0 radical (unpaired) electrons. The Morgan fingerprint density at radius 3 is 2.50 bits per heavy atom. The van der Waals surface area contributed by atoms with Crippen LogP contribution in [0.3, 0.4) is 0 Å². The molecule has 1 aromatic rings. The van der Waals surface area contributed by atoms with Crippen LogP contribution in [-0.2, 0) is 6.18 Å². The molecule has 0 saturated heterocycles. The third kappa shape index (κ3) is 2.93. The van der Waals surface area contributed by atoms with Crippen molar-refractivity contribution in [2.75, 3.05) is 0 Å². The number of halogens is 3. The first-order chi connectivity index (χ1) is 9.36. The summed E-state index contributed by atoms with van der Waals surface area (Å²) in [5.74, 6) is -0.639. The molecule has 1 fully saturated rings. The summed E-state index contributed by atoms with van der Waals surface area (Å²) in [5, 5.41) is 11.7. The number of nitrogens with one attached hydrogen (secondary N) is 1. The van der Waals surface area contributed by atoms with Gasteiger partial charge in [-0.25, -0.2) is 0 Å². The van der Waals surface area contributed by atoms with Gasteiger partial charge in [-0.1, -0.05) is 6.07 Å². The largest absolute Gasteiger partial charge is 0.416 e. The van der Waals surface area contributed by atoms with Crippen LogP contribution in [0.4, 0.5) is 13.2 Å². The lowest BCUT2D eigenvalue weighted by Gasteiger charge is -2.22. The minimum Gasteiger partial charge on any atom is -0.334 e. The molecule has 6 heteroatoms. The van der Waals surface area contributed by atoms with Gasteiger partial charge in [-0.3, -0.25) is 4.79 Å². The maximum absolute atomic E-state index is 12.6. The highest BCUT2D eigenvalue weighted by Crippen LogP contribution is 2.31. The maximum atomic E-state index is 12.6. The summed E-state index contributed by atoms with van der Waals surface area (Å²) >= 11 is 0. The van der Waals surface area contributed by atoms with Gasteiger partial charge >= 0.3 is 6.18 Å². The van der Waals surface area contributed by atoms with Crippen LogP contribution in [0.1, 0.15) is 41.6 Å². The molecule has 1 aliphatic carbocycles.